The van der Waals surface area contributed by atoms with Gasteiger partial charge in [0.25, 0.3) is 0 Å². The van der Waals surface area contributed by atoms with Gasteiger partial charge in [0.15, 0.2) is 0 Å². The van der Waals surface area contributed by atoms with Crippen molar-refractivity contribution in [3.8, 4) is 0 Å². The summed E-state index contributed by atoms with van der Waals surface area (Å²) < 4.78 is 0. The molecule has 11 heavy (non-hydrogen) atoms. The normalized spacial score (nSPS) is 37.1. The highest BCUT2D eigenvalue weighted by atomic mass is 15.2. The molecule has 2 rings (SSSR count). The van der Waals surface area contributed by atoms with Crippen molar-refractivity contribution in [1.82, 2.24) is 4.90 Å². The first-order chi connectivity index (χ1) is 5.29. The summed E-state index contributed by atoms with van der Waals surface area (Å²) in [6, 6.07) is 0.708. The molecule has 0 N–H and O–H groups in total. The van der Waals surface area contributed by atoms with Gasteiger partial charge in [-0.05, 0) is 32.9 Å². The zero-order chi connectivity index (χ0) is 7.84. The van der Waals surface area contributed by atoms with Gasteiger partial charge in [-0.25, -0.2) is 0 Å². The van der Waals surface area contributed by atoms with E-state index in [4.69, 9.17) is 0 Å². The van der Waals surface area contributed by atoms with Gasteiger partial charge in [-0.3, -0.25) is 4.90 Å². The summed E-state index contributed by atoms with van der Waals surface area (Å²) in [7, 11) is 2.22. The lowest BCUT2D eigenvalue weighted by atomic mass is 9.90. The van der Waals surface area contributed by atoms with Crippen LogP contribution >= 0.6 is 0 Å². The van der Waals surface area contributed by atoms with Crippen molar-refractivity contribution in [1.29, 1.82) is 0 Å². The predicted octanol–water partition coefficient (Wildman–Crippen LogP) is 1.82. The Morgan fingerprint density at radius 3 is 3.09 bits per heavy atom. The van der Waals surface area contributed by atoms with E-state index in [1.807, 2.05) is 0 Å². The molecule has 2 unspecified atom stereocenters. The summed E-state index contributed by atoms with van der Waals surface area (Å²) in [6.07, 6.45) is 8.13. The molecule has 2 aliphatic rings. The molecule has 1 heteroatoms. The molecule has 0 aromatic rings. The van der Waals surface area contributed by atoms with E-state index in [-0.39, 0.29) is 0 Å². The minimum Gasteiger partial charge on any atom is -0.299 e. The summed E-state index contributed by atoms with van der Waals surface area (Å²) in [4.78, 5) is 2.46. The van der Waals surface area contributed by atoms with Crippen molar-refractivity contribution in [2.45, 2.75) is 19.4 Å². The number of nitrogens with zero attached hydrogens (tertiary/aromatic N) is 1. The molecule has 1 aliphatic heterocycles. The molecule has 1 saturated heterocycles. The molecule has 0 spiro atoms. The number of likely N-dealkylation sites (tertiary alicyclic amines) is 1. The van der Waals surface area contributed by atoms with Crippen molar-refractivity contribution >= 4 is 0 Å². The van der Waals surface area contributed by atoms with Gasteiger partial charge in [-0.1, -0.05) is 23.8 Å². The van der Waals surface area contributed by atoms with E-state index in [0.717, 1.165) is 5.92 Å². The van der Waals surface area contributed by atoms with E-state index >= 15 is 0 Å². The van der Waals surface area contributed by atoms with Crippen molar-refractivity contribution in [3.05, 3.63) is 23.8 Å². The topological polar surface area (TPSA) is 3.24 Å². The van der Waals surface area contributed by atoms with Gasteiger partial charge in [-0.2, -0.15) is 0 Å². The van der Waals surface area contributed by atoms with Crippen LogP contribution in [0.5, 0.6) is 0 Å². The molecular weight excluding hydrogens is 134 g/mol. The second kappa shape index (κ2) is 2.49. The molecule has 2 atom stereocenters. The lowest BCUT2D eigenvalue weighted by molar-refractivity contribution is 0.325. The van der Waals surface area contributed by atoms with Gasteiger partial charge in [0, 0.05) is 6.04 Å². The number of likely N-dealkylation sites (N-methyl/N-ethyl adjacent to an activating group) is 1. The molecule has 0 aromatic heterocycles. The number of rotatable bonds is 0. The summed E-state index contributed by atoms with van der Waals surface area (Å²) in [6.45, 7) is 3.49. The van der Waals surface area contributed by atoms with Gasteiger partial charge in [0.05, 0.1) is 0 Å². The molecule has 0 radical (unpaired) electrons. The Bertz CT molecular complexity index is 215. The van der Waals surface area contributed by atoms with Crippen molar-refractivity contribution < 1.29 is 0 Å². The molecule has 1 fully saturated rings. The molecule has 0 bridgehead atoms. The third-order valence-electron chi connectivity index (χ3n) is 2.88. The Hall–Kier alpha value is -0.560. The fourth-order valence-corrected chi connectivity index (χ4v) is 2.31. The first kappa shape index (κ1) is 7.11. The van der Waals surface area contributed by atoms with Crippen LogP contribution < -0.4 is 0 Å². The molecule has 1 nitrogen and oxygen atoms in total. The fraction of sp³-hybridized carbons (Fsp3) is 0.600. The molecule has 1 aliphatic carbocycles. The zero-order valence-electron chi connectivity index (χ0n) is 7.25. The molecular formula is C10H15N. The quantitative estimate of drug-likeness (QED) is 0.508. The number of hydrogen-bond acceptors (Lipinski definition) is 1. The monoisotopic (exact) mass is 149 g/mol. The maximum absolute atomic E-state index is 2.46. The summed E-state index contributed by atoms with van der Waals surface area (Å²) in [5.41, 5.74) is 1.53. The van der Waals surface area contributed by atoms with Crippen LogP contribution in [-0.2, 0) is 0 Å². The van der Waals surface area contributed by atoms with Crippen LogP contribution in [0.4, 0.5) is 0 Å². The molecule has 0 saturated carbocycles. The third-order valence-corrected chi connectivity index (χ3v) is 2.88. The Balaban J connectivity index is 2.26. The van der Waals surface area contributed by atoms with E-state index < -0.39 is 0 Å². The zero-order valence-corrected chi connectivity index (χ0v) is 7.25. The third kappa shape index (κ3) is 1.04. The highest BCUT2D eigenvalue weighted by Crippen LogP contribution is 2.31. The lowest BCUT2D eigenvalue weighted by Crippen LogP contribution is -2.30. The Morgan fingerprint density at radius 1 is 1.55 bits per heavy atom. The minimum absolute atomic E-state index is 0.708. The molecule has 60 valence electrons. The Morgan fingerprint density at radius 2 is 2.36 bits per heavy atom. The Kier molecular flexibility index (Phi) is 1.61. The highest BCUT2D eigenvalue weighted by molar-refractivity contribution is 5.26. The van der Waals surface area contributed by atoms with Crippen molar-refractivity contribution in [2.24, 2.45) is 5.92 Å². The van der Waals surface area contributed by atoms with E-state index in [1.165, 1.54) is 18.5 Å². The largest absolute Gasteiger partial charge is 0.299 e. The van der Waals surface area contributed by atoms with Gasteiger partial charge < -0.3 is 0 Å². The average molecular weight is 149 g/mol. The first-order valence-electron chi connectivity index (χ1n) is 4.34. The van der Waals surface area contributed by atoms with Crippen LogP contribution in [-0.4, -0.2) is 24.5 Å². The molecule has 1 heterocycles. The average Bonchev–Trinajstić information content (AvgIpc) is 2.34. The van der Waals surface area contributed by atoms with Crippen LogP contribution in [0, 0.1) is 5.92 Å². The fourth-order valence-electron chi connectivity index (χ4n) is 2.31. The van der Waals surface area contributed by atoms with Crippen molar-refractivity contribution in [2.75, 3.05) is 13.6 Å². The smallest absolute Gasteiger partial charge is 0.0368 e. The second-order valence-electron chi connectivity index (χ2n) is 3.67. The van der Waals surface area contributed by atoms with Crippen LogP contribution in [0.3, 0.4) is 0 Å². The van der Waals surface area contributed by atoms with Gasteiger partial charge >= 0.3 is 0 Å². The van der Waals surface area contributed by atoms with Gasteiger partial charge in [0.2, 0.25) is 0 Å². The summed E-state index contributed by atoms with van der Waals surface area (Å²) in [5.74, 6) is 0.796. The van der Waals surface area contributed by atoms with Gasteiger partial charge in [0.1, 0.15) is 0 Å². The van der Waals surface area contributed by atoms with Gasteiger partial charge in [-0.15, -0.1) is 0 Å². The van der Waals surface area contributed by atoms with Crippen LogP contribution in [0.1, 0.15) is 13.3 Å². The van der Waals surface area contributed by atoms with Crippen LogP contribution in [0.2, 0.25) is 0 Å². The van der Waals surface area contributed by atoms with E-state index in [0.29, 0.717) is 6.04 Å². The SMILES string of the molecule is CC1=CC=CC2CCN(C)C12. The number of allylic oxidation sites excluding steroid dienone is 2. The van der Waals surface area contributed by atoms with E-state index in [1.54, 1.807) is 0 Å². The van der Waals surface area contributed by atoms with Crippen molar-refractivity contribution in [3.63, 3.8) is 0 Å². The number of fused-ring (bicyclic) bond motifs is 1. The van der Waals surface area contributed by atoms with E-state index in [2.05, 4.69) is 37.1 Å². The maximum atomic E-state index is 2.46. The summed E-state index contributed by atoms with van der Waals surface area (Å²) >= 11 is 0. The minimum atomic E-state index is 0.708. The van der Waals surface area contributed by atoms with Crippen LogP contribution in [0.25, 0.3) is 0 Å². The summed E-state index contributed by atoms with van der Waals surface area (Å²) in [5, 5.41) is 0. The highest BCUT2D eigenvalue weighted by Gasteiger charge is 2.31. The predicted molar refractivity (Wildman–Crippen MR) is 47.4 cm³/mol. The lowest BCUT2D eigenvalue weighted by Gasteiger charge is -2.26. The number of hydrogen-bond donors (Lipinski definition) is 0. The second-order valence-corrected chi connectivity index (χ2v) is 3.67. The van der Waals surface area contributed by atoms with E-state index in [9.17, 15) is 0 Å². The Labute approximate surface area is 68.4 Å². The molecule has 0 aromatic carbocycles. The van der Waals surface area contributed by atoms with Crippen LogP contribution in [0.15, 0.2) is 23.8 Å². The molecule has 0 amide bonds. The maximum Gasteiger partial charge on any atom is 0.0368 e. The standard InChI is InChI=1S/C10H15N/c1-8-4-3-5-9-6-7-11(2)10(8)9/h3-5,9-10H,6-7H2,1-2H3. The first-order valence-corrected chi connectivity index (χ1v) is 4.34.